The van der Waals surface area contributed by atoms with Crippen LogP contribution < -0.4 is 5.32 Å². The van der Waals surface area contributed by atoms with Crippen LogP contribution in [0.15, 0.2) is 18.2 Å². The molecule has 0 spiro atoms. The van der Waals surface area contributed by atoms with Crippen molar-refractivity contribution in [2.45, 2.75) is 25.4 Å². The monoisotopic (exact) mass is 239 g/mol. The molecule has 0 aliphatic heterocycles. The van der Waals surface area contributed by atoms with Crippen molar-refractivity contribution in [2.24, 2.45) is 0 Å². The van der Waals surface area contributed by atoms with Crippen molar-refractivity contribution in [1.29, 1.82) is 0 Å². The van der Waals surface area contributed by atoms with E-state index in [1.54, 1.807) is 7.05 Å². The van der Waals surface area contributed by atoms with Gasteiger partial charge in [-0.3, -0.25) is 0 Å². The minimum atomic E-state index is -0.391. The van der Waals surface area contributed by atoms with Crippen LogP contribution in [0, 0.1) is 0 Å². The van der Waals surface area contributed by atoms with Crippen LogP contribution in [0.3, 0.4) is 0 Å². The van der Waals surface area contributed by atoms with E-state index in [4.69, 9.17) is 16.3 Å². The lowest BCUT2D eigenvalue weighted by atomic mass is 9.89. The molecule has 1 N–H and O–H groups in total. The molecule has 1 aromatic carbocycles. The summed E-state index contributed by atoms with van der Waals surface area (Å²) in [4.78, 5) is 11.2. The molecule has 3 nitrogen and oxygen atoms in total. The van der Waals surface area contributed by atoms with Crippen LogP contribution >= 0.6 is 11.6 Å². The molecule has 0 bridgehead atoms. The molecule has 2 rings (SSSR count). The summed E-state index contributed by atoms with van der Waals surface area (Å²) in [5, 5.41) is 3.15. The van der Waals surface area contributed by atoms with E-state index in [2.05, 4.69) is 5.32 Å². The van der Waals surface area contributed by atoms with Gasteiger partial charge in [0.15, 0.2) is 0 Å². The molecule has 1 amide bonds. The molecule has 0 fully saturated rings. The lowest BCUT2D eigenvalue weighted by Gasteiger charge is -2.25. The standard InChI is InChI=1S/C12H14ClNO2/c1-14-12(15)16-11-4-2-3-8-5-6-9(13)7-10(8)11/h5-7,11H,2-4H2,1H3,(H,14,15). The van der Waals surface area contributed by atoms with Crippen LogP contribution in [0.1, 0.15) is 30.1 Å². The van der Waals surface area contributed by atoms with Gasteiger partial charge < -0.3 is 10.1 Å². The van der Waals surface area contributed by atoms with E-state index in [1.165, 1.54) is 5.56 Å². The first-order valence-electron chi connectivity index (χ1n) is 5.37. The molecular formula is C12H14ClNO2. The predicted octanol–water partition coefficient (Wildman–Crippen LogP) is 3.07. The molecule has 16 heavy (non-hydrogen) atoms. The van der Waals surface area contributed by atoms with Gasteiger partial charge in [0.25, 0.3) is 0 Å². The number of benzene rings is 1. The van der Waals surface area contributed by atoms with E-state index in [0.717, 1.165) is 24.8 Å². The summed E-state index contributed by atoms with van der Waals surface area (Å²) in [7, 11) is 1.56. The first kappa shape index (κ1) is 11.3. The molecule has 1 unspecified atom stereocenters. The number of hydrogen-bond donors (Lipinski definition) is 1. The largest absolute Gasteiger partial charge is 0.441 e. The van der Waals surface area contributed by atoms with Gasteiger partial charge in [-0.2, -0.15) is 0 Å². The number of halogens is 1. The maximum atomic E-state index is 11.2. The Morgan fingerprint density at radius 3 is 3.12 bits per heavy atom. The van der Waals surface area contributed by atoms with Gasteiger partial charge >= 0.3 is 6.09 Å². The summed E-state index contributed by atoms with van der Waals surface area (Å²) >= 11 is 5.96. The molecule has 1 aromatic rings. The van der Waals surface area contributed by atoms with E-state index < -0.39 is 6.09 Å². The number of nitrogens with one attached hydrogen (secondary N) is 1. The second-order valence-electron chi connectivity index (χ2n) is 3.88. The van der Waals surface area contributed by atoms with Gasteiger partial charge in [0.1, 0.15) is 6.10 Å². The molecule has 4 heteroatoms. The number of fused-ring (bicyclic) bond motifs is 1. The van der Waals surface area contributed by atoms with E-state index in [9.17, 15) is 4.79 Å². The molecule has 1 aliphatic rings. The zero-order valence-corrected chi connectivity index (χ0v) is 9.88. The van der Waals surface area contributed by atoms with Crippen LogP contribution in [-0.2, 0) is 11.2 Å². The Morgan fingerprint density at radius 2 is 2.38 bits per heavy atom. The first-order valence-corrected chi connectivity index (χ1v) is 5.75. The van der Waals surface area contributed by atoms with E-state index in [-0.39, 0.29) is 6.10 Å². The summed E-state index contributed by atoms with van der Waals surface area (Å²) in [6, 6.07) is 5.78. The number of aryl methyl sites for hydroxylation is 1. The van der Waals surface area contributed by atoms with Crippen molar-refractivity contribution in [3.05, 3.63) is 34.3 Å². The molecular weight excluding hydrogens is 226 g/mol. The lowest BCUT2D eigenvalue weighted by Crippen LogP contribution is -2.24. The van der Waals surface area contributed by atoms with Gasteiger partial charge in [-0.05, 0) is 42.5 Å². The fourth-order valence-corrected chi connectivity index (χ4v) is 2.22. The number of amides is 1. The Labute approximate surface area is 99.7 Å². The van der Waals surface area contributed by atoms with Crippen molar-refractivity contribution in [3.63, 3.8) is 0 Å². The van der Waals surface area contributed by atoms with Crippen molar-refractivity contribution < 1.29 is 9.53 Å². The Kier molecular flexibility index (Phi) is 3.34. The van der Waals surface area contributed by atoms with E-state index in [1.807, 2.05) is 18.2 Å². The highest BCUT2D eigenvalue weighted by atomic mass is 35.5. The van der Waals surface area contributed by atoms with Gasteiger partial charge in [0.05, 0.1) is 0 Å². The van der Waals surface area contributed by atoms with Crippen molar-refractivity contribution in [1.82, 2.24) is 5.32 Å². The second-order valence-corrected chi connectivity index (χ2v) is 4.32. The fraction of sp³-hybridized carbons (Fsp3) is 0.417. The van der Waals surface area contributed by atoms with Crippen molar-refractivity contribution in [3.8, 4) is 0 Å². The highest BCUT2D eigenvalue weighted by molar-refractivity contribution is 6.30. The summed E-state index contributed by atoms with van der Waals surface area (Å²) in [5.74, 6) is 0. The number of hydrogen-bond acceptors (Lipinski definition) is 2. The summed E-state index contributed by atoms with van der Waals surface area (Å²) in [6.07, 6.45) is 2.37. The molecule has 1 aliphatic carbocycles. The minimum Gasteiger partial charge on any atom is -0.441 e. The van der Waals surface area contributed by atoms with Gasteiger partial charge in [-0.15, -0.1) is 0 Å². The van der Waals surface area contributed by atoms with Gasteiger partial charge in [0, 0.05) is 12.1 Å². The maximum Gasteiger partial charge on any atom is 0.407 e. The Morgan fingerprint density at radius 1 is 1.56 bits per heavy atom. The summed E-state index contributed by atoms with van der Waals surface area (Å²) < 4.78 is 5.31. The van der Waals surface area contributed by atoms with Crippen molar-refractivity contribution >= 4 is 17.7 Å². The number of rotatable bonds is 1. The fourth-order valence-electron chi connectivity index (χ4n) is 2.04. The predicted molar refractivity (Wildman–Crippen MR) is 62.7 cm³/mol. The number of carbonyl (C=O) groups excluding carboxylic acids is 1. The third-order valence-corrected chi connectivity index (χ3v) is 3.06. The third-order valence-electron chi connectivity index (χ3n) is 2.82. The van der Waals surface area contributed by atoms with Crippen LogP contribution in [0.2, 0.25) is 5.02 Å². The van der Waals surface area contributed by atoms with E-state index in [0.29, 0.717) is 5.02 Å². The number of alkyl carbamates (subject to hydrolysis) is 1. The molecule has 0 saturated heterocycles. The highest BCUT2D eigenvalue weighted by Crippen LogP contribution is 2.34. The Bertz CT molecular complexity index is 406. The van der Waals surface area contributed by atoms with Gasteiger partial charge in [-0.25, -0.2) is 4.79 Å². The molecule has 0 aromatic heterocycles. The average Bonchev–Trinajstić information content (AvgIpc) is 2.29. The molecule has 0 saturated carbocycles. The topological polar surface area (TPSA) is 38.3 Å². The zero-order valence-electron chi connectivity index (χ0n) is 9.13. The average molecular weight is 240 g/mol. The molecule has 0 heterocycles. The number of carbonyl (C=O) groups is 1. The van der Waals surface area contributed by atoms with Crippen LogP contribution in [0.5, 0.6) is 0 Å². The van der Waals surface area contributed by atoms with Crippen LogP contribution in [0.4, 0.5) is 4.79 Å². The molecule has 1 atom stereocenters. The van der Waals surface area contributed by atoms with Gasteiger partial charge in [0.2, 0.25) is 0 Å². The Balaban J connectivity index is 2.24. The first-order chi connectivity index (χ1) is 7.70. The quantitative estimate of drug-likeness (QED) is 0.818. The molecule has 86 valence electrons. The zero-order chi connectivity index (χ0) is 11.5. The van der Waals surface area contributed by atoms with E-state index >= 15 is 0 Å². The van der Waals surface area contributed by atoms with Crippen LogP contribution in [0.25, 0.3) is 0 Å². The SMILES string of the molecule is CNC(=O)OC1CCCc2ccc(Cl)cc21. The van der Waals surface area contributed by atoms with Crippen molar-refractivity contribution in [2.75, 3.05) is 7.05 Å². The lowest BCUT2D eigenvalue weighted by molar-refractivity contribution is 0.0892. The van der Waals surface area contributed by atoms with Gasteiger partial charge in [-0.1, -0.05) is 17.7 Å². The molecule has 0 radical (unpaired) electrons. The normalized spacial score (nSPS) is 18.8. The maximum absolute atomic E-state index is 11.2. The third kappa shape index (κ3) is 2.30. The highest BCUT2D eigenvalue weighted by Gasteiger charge is 2.23. The van der Waals surface area contributed by atoms with Crippen LogP contribution in [-0.4, -0.2) is 13.1 Å². The summed E-state index contributed by atoms with van der Waals surface area (Å²) in [5.41, 5.74) is 2.27. The smallest absolute Gasteiger partial charge is 0.407 e. The minimum absolute atomic E-state index is 0.164. The second kappa shape index (κ2) is 4.74. The Hall–Kier alpha value is -1.22. The summed E-state index contributed by atoms with van der Waals surface area (Å²) in [6.45, 7) is 0. The number of ether oxygens (including phenoxy) is 1.